The summed E-state index contributed by atoms with van der Waals surface area (Å²) in [6, 6.07) is 13.1. The minimum atomic E-state index is -0.0788. The molecule has 1 heterocycles. The summed E-state index contributed by atoms with van der Waals surface area (Å²) in [6.45, 7) is 3.50. The zero-order valence-corrected chi connectivity index (χ0v) is 12.7. The summed E-state index contributed by atoms with van der Waals surface area (Å²) in [5.74, 6) is 0.220. The maximum atomic E-state index is 12.3. The Hall–Kier alpha value is -2.33. The Balaban J connectivity index is 1.66. The summed E-state index contributed by atoms with van der Waals surface area (Å²) in [4.78, 5) is 12.3. The summed E-state index contributed by atoms with van der Waals surface area (Å²) >= 11 is 0. The van der Waals surface area contributed by atoms with Gasteiger partial charge in [-0.15, -0.1) is 0 Å². The number of fused-ring (bicyclic) bond motifs is 1. The van der Waals surface area contributed by atoms with Crippen LogP contribution in [0, 0.1) is 0 Å². The van der Waals surface area contributed by atoms with E-state index in [1.54, 1.807) is 12.1 Å². The highest BCUT2D eigenvalue weighted by Gasteiger charge is 2.18. The van der Waals surface area contributed by atoms with Crippen molar-refractivity contribution in [1.82, 2.24) is 10.4 Å². The van der Waals surface area contributed by atoms with Crippen LogP contribution in [0.2, 0.25) is 0 Å². The predicted octanol–water partition coefficient (Wildman–Crippen LogP) is 2.66. The molecule has 0 saturated carbocycles. The molecule has 2 aromatic rings. The first-order valence-electron chi connectivity index (χ1n) is 7.61. The van der Waals surface area contributed by atoms with E-state index < -0.39 is 0 Å². The lowest BCUT2D eigenvalue weighted by Crippen LogP contribution is -2.44. The highest BCUT2D eigenvalue weighted by atomic mass is 16.3. The molecule has 4 heteroatoms. The SMILES string of the molecule is CCc1ccc(C(=O)NN2CCc3cc(O)ccc3C2)cc1. The zero-order chi connectivity index (χ0) is 15.5. The van der Waals surface area contributed by atoms with Crippen LogP contribution in [0.25, 0.3) is 0 Å². The molecule has 0 bridgehead atoms. The van der Waals surface area contributed by atoms with Crippen molar-refractivity contribution >= 4 is 5.91 Å². The van der Waals surface area contributed by atoms with Crippen molar-refractivity contribution in [3.8, 4) is 5.75 Å². The van der Waals surface area contributed by atoms with E-state index in [1.165, 1.54) is 5.56 Å². The normalized spacial score (nSPS) is 14.4. The third-order valence-corrected chi connectivity index (χ3v) is 4.09. The summed E-state index contributed by atoms with van der Waals surface area (Å²) in [7, 11) is 0. The average molecular weight is 296 g/mol. The number of nitrogens with zero attached hydrogens (tertiary/aromatic N) is 1. The van der Waals surface area contributed by atoms with E-state index in [1.807, 2.05) is 35.3 Å². The second kappa shape index (κ2) is 6.20. The molecule has 1 aliphatic heterocycles. The van der Waals surface area contributed by atoms with Crippen LogP contribution in [-0.4, -0.2) is 22.6 Å². The Morgan fingerprint density at radius 2 is 1.95 bits per heavy atom. The van der Waals surface area contributed by atoms with Gasteiger partial charge in [-0.2, -0.15) is 0 Å². The van der Waals surface area contributed by atoms with Crippen molar-refractivity contribution in [2.24, 2.45) is 0 Å². The molecule has 0 saturated heterocycles. The van der Waals surface area contributed by atoms with Crippen molar-refractivity contribution in [3.05, 3.63) is 64.7 Å². The summed E-state index contributed by atoms with van der Waals surface area (Å²) in [5, 5.41) is 11.4. The largest absolute Gasteiger partial charge is 0.508 e. The van der Waals surface area contributed by atoms with Gasteiger partial charge in [0.15, 0.2) is 0 Å². The third-order valence-electron chi connectivity index (χ3n) is 4.09. The van der Waals surface area contributed by atoms with Crippen LogP contribution in [0.15, 0.2) is 42.5 Å². The molecule has 2 N–H and O–H groups in total. The number of carbonyl (C=O) groups is 1. The van der Waals surface area contributed by atoms with Gasteiger partial charge in [0.1, 0.15) is 5.75 Å². The van der Waals surface area contributed by atoms with E-state index in [-0.39, 0.29) is 5.91 Å². The maximum Gasteiger partial charge on any atom is 0.265 e. The van der Waals surface area contributed by atoms with Gasteiger partial charge in [-0.25, -0.2) is 5.01 Å². The molecular formula is C18H20N2O2. The first-order chi connectivity index (χ1) is 10.7. The fraction of sp³-hybridized carbons (Fsp3) is 0.278. The number of phenolic OH excluding ortho intramolecular Hbond substituents is 1. The van der Waals surface area contributed by atoms with Gasteiger partial charge in [0.05, 0.1) is 0 Å². The van der Waals surface area contributed by atoms with Gasteiger partial charge in [-0.05, 0) is 53.8 Å². The molecule has 0 atom stereocenters. The zero-order valence-electron chi connectivity index (χ0n) is 12.7. The number of aromatic hydroxyl groups is 1. The molecule has 0 fully saturated rings. The molecule has 0 aliphatic carbocycles. The Morgan fingerprint density at radius 1 is 1.18 bits per heavy atom. The second-order valence-electron chi connectivity index (χ2n) is 5.62. The minimum Gasteiger partial charge on any atom is -0.508 e. The van der Waals surface area contributed by atoms with Gasteiger partial charge in [-0.1, -0.05) is 25.1 Å². The van der Waals surface area contributed by atoms with Crippen LogP contribution in [-0.2, 0) is 19.4 Å². The molecule has 0 radical (unpaired) electrons. The number of hydrogen-bond donors (Lipinski definition) is 2. The smallest absolute Gasteiger partial charge is 0.265 e. The van der Waals surface area contributed by atoms with Crippen LogP contribution in [0.1, 0.15) is 34.0 Å². The molecule has 0 spiro atoms. The maximum absolute atomic E-state index is 12.3. The quantitative estimate of drug-likeness (QED) is 0.915. The van der Waals surface area contributed by atoms with Crippen LogP contribution in [0.4, 0.5) is 0 Å². The number of rotatable bonds is 3. The van der Waals surface area contributed by atoms with Crippen LogP contribution in [0.5, 0.6) is 5.75 Å². The fourth-order valence-electron chi connectivity index (χ4n) is 2.73. The van der Waals surface area contributed by atoms with Crippen LogP contribution >= 0.6 is 0 Å². The number of aryl methyl sites for hydroxylation is 1. The molecule has 2 aromatic carbocycles. The Kier molecular flexibility index (Phi) is 4.11. The highest BCUT2D eigenvalue weighted by molar-refractivity contribution is 5.93. The molecule has 114 valence electrons. The number of phenols is 1. The van der Waals surface area contributed by atoms with E-state index in [0.29, 0.717) is 17.9 Å². The molecular weight excluding hydrogens is 276 g/mol. The number of carbonyl (C=O) groups excluding carboxylic acids is 1. The molecule has 0 aromatic heterocycles. The third kappa shape index (κ3) is 3.12. The van der Waals surface area contributed by atoms with E-state index in [2.05, 4.69) is 12.3 Å². The van der Waals surface area contributed by atoms with E-state index in [4.69, 9.17) is 0 Å². The van der Waals surface area contributed by atoms with Gasteiger partial charge in [0.25, 0.3) is 5.91 Å². The Bertz CT molecular complexity index is 680. The molecule has 1 aliphatic rings. The molecule has 0 unspecified atom stereocenters. The van der Waals surface area contributed by atoms with Crippen molar-refractivity contribution < 1.29 is 9.90 Å². The first-order valence-corrected chi connectivity index (χ1v) is 7.61. The predicted molar refractivity (Wildman–Crippen MR) is 85.5 cm³/mol. The number of amides is 1. The molecule has 4 nitrogen and oxygen atoms in total. The molecule has 3 rings (SSSR count). The second-order valence-corrected chi connectivity index (χ2v) is 5.62. The molecule has 22 heavy (non-hydrogen) atoms. The number of hydrogen-bond acceptors (Lipinski definition) is 3. The van der Waals surface area contributed by atoms with Crippen LogP contribution in [0.3, 0.4) is 0 Å². The standard InChI is InChI=1S/C18H20N2O2/c1-2-13-3-5-14(6-4-13)18(22)19-20-10-9-15-11-17(21)8-7-16(15)12-20/h3-8,11,21H,2,9-10,12H2,1H3,(H,19,22). The van der Waals surface area contributed by atoms with Gasteiger partial charge in [0, 0.05) is 18.7 Å². The summed E-state index contributed by atoms with van der Waals surface area (Å²) in [5.41, 5.74) is 7.15. The lowest BCUT2D eigenvalue weighted by atomic mass is 10.0. The topological polar surface area (TPSA) is 52.6 Å². The number of nitrogens with one attached hydrogen (secondary N) is 1. The molecule has 1 amide bonds. The highest BCUT2D eigenvalue weighted by Crippen LogP contribution is 2.22. The van der Waals surface area contributed by atoms with Crippen molar-refractivity contribution in [2.75, 3.05) is 6.54 Å². The van der Waals surface area contributed by atoms with Crippen molar-refractivity contribution in [1.29, 1.82) is 0 Å². The van der Waals surface area contributed by atoms with Gasteiger partial charge in [0.2, 0.25) is 0 Å². The van der Waals surface area contributed by atoms with E-state index in [9.17, 15) is 9.90 Å². The van der Waals surface area contributed by atoms with Gasteiger partial charge >= 0.3 is 0 Å². The number of benzene rings is 2. The number of hydrazine groups is 1. The lowest BCUT2D eigenvalue weighted by Gasteiger charge is -2.29. The lowest BCUT2D eigenvalue weighted by molar-refractivity contribution is 0.0763. The average Bonchev–Trinajstić information content (AvgIpc) is 2.55. The Labute approximate surface area is 130 Å². The van der Waals surface area contributed by atoms with Gasteiger partial charge in [-0.3, -0.25) is 10.2 Å². The first kappa shape index (κ1) is 14.6. The van der Waals surface area contributed by atoms with Gasteiger partial charge < -0.3 is 5.11 Å². The summed E-state index contributed by atoms with van der Waals surface area (Å²) in [6.07, 6.45) is 1.79. The van der Waals surface area contributed by atoms with Crippen molar-refractivity contribution in [3.63, 3.8) is 0 Å². The van der Waals surface area contributed by atoms with Crippen LogP contribution < -0.4 is 5.43 Å². The van der Waals surface area contributed by atoms with E-state index >= 15 is 0 Å². The fourth-order valence-corrected chi connectivity index (χ4v) is 2.73. The Morgan fingerprint density at radius 3 is 2.68 bits per heavy atom. The monoisotopic (exact) mass is 296 g/mol. The van der Waals surface area contributed by atoms with Crippen molar-refractivity contribution in [2.45, 2.75) is 26.3 Å². The van der Waals surface area contributed by atoms with E-state index in [0.717, 1.165) is 30.5 Å². The summed E-state index contributed by atoms with van der Waals surface area (Å²) < 4.78 is 0. The minimum absolute atomic E-state index is 0.0788.